The molecular weight excluding hydrogens is 258 g/mol. The normalized spacial score (nSPS) is 22.1. The fourth-order valence-corrected chi connectivity index (χ4v) is 3.31. The van der Waals surface area contributed by atoms with Crippen molar-refractivity contribution in [3.63, 3.8) is 0 Å². The van der Waals surface area contributed by atoms with E-state index in [9.17, 15) is 10.4 Å². The van der Waals surface area contributed by atoms with Crippen molar-refractivity contribution in [2.75, 3.05) is 0 Å². The topological polar surface area (TPSA) is 44.0 Å². The van der Waals surface area contributed by atoms with Crippen LogP contribution < -0.4 is 0 Å². The second kappa shape index (κ2) is 5.35. The fourth-order valence-electron chi connectivity index (χ4n) is 3.31. The van der Waals surface area contributed by atoms with Gasteiger partial charge in [0.15, 0.2) is 0 Å². The van der Waals surface area contributed by atoms with Gasteiger partial charge in [-0.1, -0.05) is 54.1 Å². The van der Waals surface area contributed by atoms with Crippen molar-refractivity contribution in [3.8, 4) is 6.07 Å². The Labute approximate surface area is 125 Å². The lowest BCUT2D eigenvalue weighted by molar-refractivity contribution is 0.0525. The van der Waals surface area contributed by atoms with E-state index in [-0.39, 0.29) is 0 Å². The minimum Gasteiger partial charge on any atom is -0.387 e. The molecule has 0 saturated heterocycles. The van der Waals surface area contributed by atoms with Gasteiger partial charge in [0.2, 0.25) is 0 Å². The molecule has 2 nitrogen and oxygen atoms in total. The molecule has 0 fully saturated rings. The standard InChI is InChI=1S/C19H19NO/c1-14-5-4-8-16(11-14)18(21)19(13-20)10-9-15-6-2-3-7-17(15)12-19/h2-8,11,18,21H,9-10,12H2,1H3. The van der Waals surface area contributed by atoms with Crippen LogP contribution in [0, 0.1) is 23.7 Å². The Balaban J connectivity index is 1.97. The highest BCUT2D eigenvalue weighted by Crippen LogP contribution is 2.44. The first-order chi connectivity index (χ1) is 10.1. The van der Waals surface area contributed by atoms with Crippen molar-refractivity contribution < 1.29 is 5.11 Å². The summed E-state index contributed by atoms with van der Waals surface area (Å²) in [6.45, 7) is 2.01. The Morgan fingerprint density at radius 3 is 2.62 bits per heavy atom. The molecule has 2 aromatic rings. The number of aliphatic hydroxyl groups is 1. The molecule has 21 heavy (non-hydrogen) atoms. The lowest BCUT2D eigenvalue weighted by Crippen LogP contribution is -2.34. The van der Waals surface area contributed by atoms with Gasteiger partial charge in [0.1, 0.15) is 0 Å². The Hall–Kier alpha value is -2.11. The molecule has 0 amide bonds. The van der Waals surface area contributed by atoms with Crippen molar-refractivity contribution in [2.45, 2.75) is 32.3 Å². The predicted octanol–water partition coefficient (Wildman–Crippen LogP) is 3.73. The summed E-state index contributed by atoms with van der Waals surface area (Å²) in [7, 11) is 0. The maximum Gasteiger partial charge on any atom is 0.0979 e. The van der Waals surface area contributed by atoms with E-state index in [0.717, 1.165) is 17.5 Å². The first-order valence-electron chi connectivity index (χ1n) is 7.37. The van der Waals surface area contributed by atoms with Gasteiger partial charge in [-0.15, -0.1) is 0 Å². The summed E-state index contributed by atoms with van der Waals surface area (Å²) in [6.07, 6.45) is 1.44. The van der Waals surface area contributed by atoms with Gasteiger partial charge in [-0.25, -0.2) is 0 Å². The molecular formula is C19H19NO. The number of nitriles is 1. The van der Waals surface area contributed by atoms with Gasteiger partial charge in [-0.3, -0.25) is 0 Å². The Bertz CT molecular complexity index is 701. The van der Waals surface area contributed by atoms with Crippen LogP contribution in [-0.2, 0) is 12.8 Å². The monoisotopic (exact) mass is 277 g/mol. The van der Waals surface area contributed by atoms with Crippen LogP contribution in [0.5, 0.6) is 0 Å². The van der Waals surface area contributed by atoms with E-state index in [0.29, 0.717) is 12.8 Å². The van der Waals surface area contributed by atoms with Gasteiger partial charge in [0.25, 0.3) is 0 Å². The molecule has 0 aromatic heterocycles. The van der Waals surface area contributed by atoms with Crippen LogP contribution in [0.25, 0.3) is 0 Å². The molecule has 2 aromatic carbocycles. The molecule has 0 saturated carbocycles. The van der Waals surface area contributed by atoms with Gasteiger partial charge in [0.05, 0.1) is 17.6 Å². The van der Waals surface area contributed by atoms with Crippen LogP contribution in [0.3, 0.4) is 0 Å². The molecule has 0 spiro atoms. The zero-order valence-electron chi connectivity index (χ0n) is 12.2. The zero-order chi connectivity index (χ0) is 14.9. The number of nitrogens with zero attached hydrogens (tertiary/aromatic N) is 1. The smallest absolute Gasteiger partial charge is 0.0979 e. The van der Waals surface area contributed by atoms with E-state index in [1.807, 2.05) is 43.3 Å². The zero-order valence-corrected chi connectivity index (χ0v) is 12.2. The van der Waals surface area contributed by atoms with Crippen LogP contribution >= 0.6 is 0 Å². The second-order valence-corrected chi connectivity index (χ2v) is 6.03. The predicted molar refractivity (Wildman–Crippen MR) is 82.7 cm³/mol. The minimum atomic E-state index is -0.740. The number of hydrogen-bond acceptors (Lipinski definition) is 2. The van der Waals surface area contributed by atoms with Crippen molar-refractivity contribution in [1.82, 2.24) is 0 Å². The van der Waals surface area contributed by atoms with E-state index >= 15 is 0 Å². The molecule has 0 bridgehead atoms. The summed E-state index contributed by atoms with van der Waals surface area (Å²) in [4.78, 5) is 0. The Morgan fingerprint density at radius 2 is 1.90 bits per heavy atom. The molecule has 0 aliphatic heterocycles. The molecule has 2 unspecified atom stereocenters. The molecule has 1 N–H and O–H groups in total. The number of rotatable bonds is 2. The Kier molecular flexibility index (Phi) is 3.53. The van der Waals surface area contributed by atoms with Gasteiger partial charge in [-0.05, 0) is 42.9 Å². The summed E-state index contributed by atoms with van der Waals surface area (Å²) in [6, 6.07) is 18.5. The highest BCUT2D eigenvalue weighted by atomic mass is 16.3. The molecule has 3 rings (SSSR count). The second-order valence-electron chi connectivity index (χ2n) is 6.03. The molecule has 1 aliphatic rings. The molecule has 0 radical (unpaired) electrons. The number of benzene rings is 2. The average Bonchev–Trinajstić information content (AvgIpc) is 2.53. The van der Waals surface area contributed by atoms with E-state index in [1.54, 1.807) is 0 Å². The van der Waals surface area contributed by atoms with Crippen molar-refractivity contribution in [2.24, 2.45) is 5.41 Å². The van der Waals surface area contributed by atoms with Gasteiger partial charge in [0, 0.05) is 0 Å². The van der Waals surface area contributed by atoms with E-state index in [1.165, 1.54) is 11.1 Å². The summed E-state index contributed by atoms with van der Waals surface area (Å²) >= 11 is 0. The number of aliphatic hydroxyl groups excluding tert-OH is 1. The number of hydrogen-bond donors (Lipinski definition) is 1. The average molecular weight is 277 g/mol. The fraction of sp³-hybridized carbons (Fsp3) is 0.316. The lowest BCUT2D eigenvalue weighted by Gasteiger charge is -2.36. The van der Waals surface area contributed by atoms with Crippen LogP contribution in [0.15, 0.2) is 48.5 Å². The highest BCUT2D eigenvalue weighted by Gasteiger charge is 2.41. The molecule has 1 aliphatic carbocycles. The van der Waals surface area contributed by atoms with Gasteiger partial charge < -0.3 is 5.11 Å². The summed E-state index contributed by atoms with van der Waals surface area (Å²) < 4.78 is 0. The lowest BCUT2D eigenvalue weighted by atomic mass is 9.67. The summed E-state index contributed by atoms with van der Waals surface area (Å²) in [5.41, 5.74) is 3.73. The first-order valence-corrected chi connectivity index (χ1v) is 7.37. The van der Waals surface area contributed by atoms with E-state index in [4.69, 9.17) is 0 Å². The van der Waals surface area contributed by atoms with Crippen molar-refractivity contribution in [3.05, 3.63) is 70.8 Å². The van der Waals surface area contributed by atoms with Crippen LogP contribution in [0.2, 0.25) is 0 Å². The third-order valence-electron chi connectivity index (χ3n) is 4.57. The third-order valence-corrected chi connectivity index (χ3v) is 4.57. The molecule has 2 atom stereocenters. The van der Waals surface area contributed by atoms with Crippen molar-refractivity contribution in [1.29, 1.82) is 5.26 Å². The Morgan fingerprint density at radius 1 is 1.14 bits per heavy atom. The number of fused-ring (bicyclic) bond motifs is 1. The quantitative estimate of drug-likeness (QED) is 0.909. The SMILES string of the molecule is Cc1cccc(C(O)C2(C#N)CCc3ccccc3C2)c1. The molecule has 2 heteroatoms. The molecule has 106 valence electrons. The van der Waals surface area contributed by atoms with Crippen LogP contribution in [-0.4, -0.2) is 5.11 Å². The van der Waals surface area contributed by atoms with Crippen LogP contribution in [0.1, 0.15) is 34.8 Å². The van der Waals surface area contributed by atoms with Crippen molar-refractivity contribution >= 4 is 0 Å². The summed E-state index contributed by atoms with van der Waals surface area (Å²) in [5, 5.41) is 20.6. The summed E-state index contributed by atoms with van der Waals surface area (Å²) in [5.74, 6) is 0. The van der Waals surface area contributed by atoms with E-state index < -0.39 is 11.5 Å². The van der Waals surface area contributed by atoms with Gasteiger partial charge in [-0.2, -0.15) is 5.26 Å². The van der Waals surface area contributed by atoms with Crippen LogP contribution in [0.4, 0.5) is 0 Å². The molecule has 0 heterocycles. The first kappa shape index (κ1) is 13.9. The minimum absolute atomic E-state index is 0.620. The van der Waals surface area contributed by atoms with Gasteiger partial charge >= 0.3 is 0 Å². The third kappa shape index (κ3) is 2.46. The number of aryl methyl sites for hydroxylation is 2. The van der Waals surface area contributed by atoms with E-state index in [2.05, 4.69) is 18.2 Å². The maximum absolute atomic E-state index is 10.8. The maximum atomic E-state index is 10.8. The highest BCUT2D eigenvalue weighted by molar-refractivity contribution is 5.36. The largest absolute Gasteiger partial charge is 0.387 e.